The van der Waals surface area contributed by atoms with E-state index < -0.39 is 0 Å². The summed E-state index contributed by atoms with van der Waals surface area (Å²) < 4.78 is 0. The van der Waals surface area contributed by atoms with E-state index in [9.17, 15) is 4.79 Å². The Labute approximate surface area is 107 Å². The van der Waals surface area contributed by atoms with Crippen LogP contribution in [0.4, 0.5) is 0 Å². The molecule has 0 aromatic heterocycles. The second-order valence-electron chi connectivity index (χ2n) is 4.52. The molecule has 17 heavy (non-hydrogen) atoms. The topological polar surface area (TPSA) is 29.1 Å². The van der Waals surface area contributed by atoms with E-state index in [1.165, 1.54) is 16.9 Å². The number of thioether (sulfide) groups is 1. The van der Waals surface area contributed by atoms with Crippen LogP contribution in [-0.4, -0.2) is 18.7 Å². The Hall–Kier alpha value is -0.960. The molecule has 1 N–H and O–H groups in total. The molecule has 2 rings (SSSR count). The van der Waals surface area contributed by atoms with Crippen LogP contribution in [0.2, 0.25) is 0 Å². The highest BCUT2D eigenvalue weighted by Crippen LogP contribution is 2.26. The molecule has 92 valence electrons. The van der Waals surface area contributed by atoms with Crippen LogP contribution in [0, 0.1) is 5.92 Å². The highest BCUT2D eigenvalue weighted by Gasteiger charge is 2.24. The van der Waals surface area contributed by atoms with E-state index >= 15 is 0 Å². The summed E-state index contributed by atoms with van der Waals surface area (Å²) in [6.45, 7) is 0.758. The largest absolute Gasteiger partial charge is 0.356 e. The minimum atomic E-state index is 0.247. The van der Waals surface area contributed by atoms with Gasteiger partial charge in [0.2, 0.25) is 5.91 Å². The zero-order valence-electron chi connectivity index (χ0n) is 10.2. The van der Waals surface area contributed by atoms with Crippen LogP contribution in [0.25, 0.3) is 0 Å². The Morgan fingerprint density at radius 2 is 2.06 bits per heavy atom. The lowest BCUT2D eigenvalue weighted by Gasteiger charge is -2.24. The van der Waals surface area contributed by atoms with Crippen molar-refractivity contribution in [1.29, 1.82) is 0 Å². The Morgan fingerprint density at radius 1 is 1.35 bits per heavy atom. The standard InChI is InChI=1S/C14H19NOS/c1-17-13-7-5-11(6-8-13)9-10-15-14(16)12-3-2-4-12/h5-8,12H,2-4,9-10H2,1H3,(H,15,16). The molecule has 1 saturated carbocycles. The van der Waals surface area contributed by atoms with Gasteiger partial charge in [-0.25, -0.2) is 0 Å². The summed E-state index contributed by atoms with van der Waals surface area (Å²) in [5.41, 5.74) is 1.29. The molecule has 1 aromatic carbocycles. The smallest absolute Gasteiger partial charge is 0.223 e. The zero-order chi connectivity index (χ0) is 12.1. The monoisotopic (exact) mass is 249 g/mol. The molecule has 1 fully saturated rings. The third-order valence-electron chi connectivity index (χ3n) is 3.35. The maximum Gasteiger partial charge on any atom is 0.223 e. The predicted molar refractivity (Wildman–Crippen MR) is 72.3 cm³/mol. The Kier molecular flexibility index (Phi) is 4.49. The van der Waals surface area contributed by atoms with E-state index in [1.807, 2.05) is 0 Å². The zero-order valence-corrected chi connectivity index (χ0v) is 11.1. The Morgan fingerprint density at radius 3 is 2.59 bits per heavy atom. The first-order valence-corrected chi connectivity index (χ1v) is 7.42. The van der Waals surface area contributed by atoms with Crippen LogP contribution >= 0.6 is 11.8 Å². The van der Waals surface area contributed by atoms with Gasteiger partial charge in [0.15, 0.2) is 0 Å². The molecule has 0 bridgehead atoms. The van der Waals surface area contributed by atoms with Crippen LogP contribution in [0.15, 0.2) is 29.2 Å². The summed E-state index contributed by atoms with van der Waals surface area (Å²) in [7, 11) is 0. The van der Waals surface area contributed by atoms with Crippen LogP contribution in [0.5, 0.6) is 0 Å². The van der Waals surface area contributed by atoms with Gasteiger partial charge in [-0.15, -0.1) is 11.8 Å². The maximum absolute atomic E-state index is 11.6. The number of hydrogen-bond donors (Lipinski definition) is 1. The van der Waals surface area contributed by atoms with Gasteiger partial charge in [0.25, 0.3) is 0 Å². The van der Waals surface area contributed by atoms with Crippen molar-refractivity contribution in [3.8, 4) is 0 Å². The van der Waals surface area contributed by atoms with Crippen LogP contribution in [-0.2, 0) is 11.2 Å². The van der Waals surface area contributed by atoms with Crippen molar-refractivity contribution in [2.75, 3.05) is 12.8 Å². The van der Waals surface area contributed by atoms with Crippen molar-refractivity contribution in [2.45, 2.75) is 30.6 Å². The van der Waals surface area contributed by atoms with E-state index in [0.29, 0.717) is 5.92 Å². The van der Waals surface area contributed by atoms with Gasteiger partial charge in [-0.1, -0.05) is 18.6 Å². The number of benzene rings is 1. The van der Waals surface area contributed by atoms with Crippen LogP contribution in [0.3, 0.4) is 0 Å². The van der Waals surface area contributed by atoms with Gasteiger partial charge in [-0.05, 0) is 43.2 Å². The molecular weight excluding hydrogens is 230 g/mol. The molecule has 0 atom stereocenters. The first-order chi connectivity index (χ1) is 8.29. The molecule has 0 heterocycles. The number of carbonyl (C=O) groups is 1. The van der Waals surface area contributed by atoms with E-state index in [-0.39, 0.29) is 5.91 Å². The normalized spacial score (nSPS) is 15.4. The average molecular weight is 249 g/mol. The summed E-state index contributed by atoms with van der Waals surface area (Å²) in [4.78, 5) is 12.9. The second-order valence-corrected chi connectivity index (χ2v) is 5.40. The lowest BCUT2D eigenvalue weighted by atomic mass is 9.85. The number of hydrogen-bond acceptors (Lipinski definition) is 2. The highest BCUT2D eigenvalue weighted by molar-refractivity contribution is 7.98. The molecule has 1 amide bonds. The molecule has 0 spiro atoms. The van der Waals surface area contributed by atoms with Gasteiger partial charge >= 0.3 is 0 Å². The Balaban J connectivity index is 1.71. The fourth-order valence-electron chi connectivity index (χ4n) is 1.94. The van der Waals surface area contributed by atoms with Gasteiger partial charge in [0.05, 0.1) is 0 Å². The number of amides is 1. The van der Waals surface area contributed by atoms with Crippen molar-refractivity contribution in [2.24, 2.45) is 5.92 Å². The number of rotatable bonds is 5. The minimum absolute atomic E-state index is 0.247. The van der Waals surface area contributed by atoms with Crippen molar-refractivity contribution in [3.05, 3.63) is 29.8 Å². The molecule has 0 saturated heterocycles. The van der Waals surface area contributed by atoms with E-state index in [2.05, 4.69) is 35.8 Å². The second kappa shape index (κ2) is 6.10. The molecule has 2 nitrogen and oxygen atoms in total. The summed E-state index contributed by atoms with van der Waals surface area (Å²) in [6, 6.07) is 8.55. The van der Waals surface area contributed by atoms with Gasteiger partial charge < -0.3 is 5.32 Å². The first-order valence-electron chi connectivity index (χ1n) is 6.20. The summed E-state index contributed by atoms with van der Waals surface area (Å²) >= 11 is 1.75. The van der Waals surface area contributed by atoms with Crippen molar-refractivity contribution in [1.82, 2.24) is 5.32 Å². The summed E-state index contributed by atoms with van der Waals surface area (Å²) in [5.74, 6) is 0.547. The van der Waals surface area contributed by atoms with Crippen LogP contribution in [0.1, 0.15) is 24.8 Å². The predicted octanol–water partition coefficient (Wildman–Crippen LogP) is 2.87. The molecule has 0 radical (unpaired) electrons. The van der Waals surface area contributed by atoms with Crippen molar-refractivity contribution < 1.29 is 4.79 Å². The number of carbonyl (C=O) groups excluding carboxylic acids is 1. The fraction of sp³-hybridized carbons (Fsp3) is 0.500. The van der Waals surface area contributed by atoms with Crippen molar-refractivity contribution in [3.63, 3.8) is 0 Å². The quantitative estimate of drug-likeness (QED) is 0.813. The molecule has 1 aromatic rings. The maximum atomic E-state index is 11.6. The van der Waals surface area contributed by atoms with Crippen molar-refractivity contribution >= 4 is 17.7 Å². The van der Waals surface area contributed by atoms with E-state index in [4.69, 9.17) is 0 Å². The number of nitrogens with one attached hydrogen (secondary N) is 1. The third kappa shape index (κ3) is 3.50. The summed E-state index contributed by atoms with van der Waals surface area (Å²) in [6.07, 6.45) is 6.37. The Bertz CT molecular complexity index is 370. The van der Waals surface area contributed by atoms with Crippen LogP contribution < -0.4 is 5.32 Å². The third-order valence-corrected chi connectivity index (χ3v) is 4.09. The molecular formula is C14H19NOS. The van der Waals surface area contributed by atoms with Gasteiger partial charge in [0.1, 0.15) is 0 Å². The van der Waals surface area contributed by atoms with E-state index in [0.717, 1.165) is 25.8 Å². The van der Waals surface area contributed by atoms with Gasteiger partial charge in [-0.2, -0.15) is 0 Å². The summed E-state index contributed by atoms with van der Waals surface area (Å²) in [5, 5.41) is 3.02. The SMILES string of the molecule is CSc1ccc(CCNC(=O)C2CCC2)cc1. The molecule has 3 heteroatoms. The molecule has 1 aliphatic carbocycles. The minimum Gasteiger partial charge on any atom is -0.356 e. The van der Waals surface area contributed by atoms with E-state index in [1.54, 1.807) is 11.8 Å². The lowest BCUT2D eigenvalue weighted by Crippen LogP contribution is -2.35. The molecule has 1 aliphatic rings. The highest BCUT2D eigenvalue weighted by atomic mass is 32.2. The molecule has 0 unspecified atom stereocenters. The molecule has 0 aliphatic heterocycles. The fourth-order valence-corrected chi connectivity index (χ4v) is 2.35. The first kappa shape index (κ1) is 12.5. The lowest BCUT2D eigenvalue weighted by molar-refractivity contribution is -0.127. The van der Waals surface area contributed by atoms with Gasteiger partial charge in [-0.3, -0.25) is 4.79 Å². The average Bonchev–Trinajstić information content (AvgIpc) is 2.27. The van der Waals surface area contributed by atoms with Gasteiger partial charge in [0, 0.05) is 17.4 Å².